The maximum absolute atomic E-state index is 12.4. The number of amides is 1. The van der Waals surface area contributed by atoms with Gasteiger partial charge in [-0.3, -0.25) is 14.7 Å². The molecule has 172 valence electrons. The number of piperidine rings is 1. The highest BCUT2D eigenvalue weighted by Gasteiger charge is 2.25. The third-order valence-electron chi connectivity index (χ3n) is 6.64. The average Bonchev–Trinajstić information content (AvgIpc) is 3.32. The van der Waals surface area contributed by atoms with Crippen molar-refractivity contribution in [2.45, 2.75) is 32.6 Å². The van der Waals surface area contributed by atoms with E-state index in [1.54, 1.807) is 7.11 Å². The van der Waals surface area contributed by atoms with E-state index in [0.717, 1.165) is 97.4 Å². The van der Waals surface area contributed by atoms with Crippen LogP contribution in [0.15, 0.2) is 4.99 Å². The summed E-state index contributed by atoms with van der Waals surface area (Å²) >= 11 is 0. The lowest BCUT2D eigenvalue weighted by Crippen LogP contribution is -2.54. The SMILES string of the molecule is CCNC(=NCC1CCN(CCOC)CC1)N1CCN(CC(=O)N2CCCC2)CC1. The second-order valence-electron chi connectivity index (χ2n) is 8.82. The van der Waals surface area contributed by atoms with Gasteiger partial charge in [0.05, 0.1) is 13.2 Å². The first-order valence-corrected chi connectivity index (χ1v) is 11.9. The lowest BCUT2D eigenvalue weighted by molar-refractivity contribution is -0.131. The molecule has 0 bridgehead atoms. The van der Waals surface area contributed by atoms with Crippen molar-refractivity contribution in [2.24, 2.45) is 10.9 Å². The monoisotopic (exact) mass is 422 g/mol. The number of hydrogen-bond acceptors (Lipinski definition) is 5. The van der Waals surface area contributed by atoms with Crippen molar-refractivity contribution in [3.8, 4) is 0 Å². The molecule has 3 fully saturated rings. The molecule has 0 radical (unpaired) electrons. The van der Waals surface area contributed by atoms with Gasteiger partial charge in [0.2, 0.25) is 5.91 Å². The molecular weight excluding hydrogens is 380 g/mol. The zero-order valence-electron chi connectivity index (χ0n) is 19.2. The molecule has 0 saturated carbocycles. The summed E-state index contributed by atoms with van der Waals surface area (Å²) in [6.07, 6.45) is 4.76. The van der Waals surface area contributed by atoms with Crippen LogP contribution in [-0.4, -0.2) is 124 Å². The van der Waals surface area contributed by atoms with Crippen LogP contribution < -0.4 is 5.32 Å². The molecule has 3 saturated heterocycles. The van der Waals surface area contributed by atoms with E-state index in [1.807, 2.05) is 4.90 Å². The largest absolute Gasteiger partial charge is 0.383 e. The van der Waals surface area contributed by atoms with Crippen molar-refractivity contribution >= 4 is 11.9 Å². The Balaban J connectivity index is 1.41. The van der Waals surface area contributed by atoms with Crippen molar-refractivity contribution in [2.75, 3.05) is 92.3 Å². The van der Waals surface area contributed by atoms with E-state index in [1.165, 1.54) is 12.8 Å². The van der Waals surface area contributed by atoms with E-state index in [0.29, 0.717) is 18.4 Å². The number of methoxy groups -OCH3 is 1. The Morgan fingerprint density at radius 2 is 1.67 bits per heavy atom. The fourth-order valence-electron chi connectivity index (χ4n) is 4.63. The molecule has 0 aromatic carbocycles. The molecule has 8 nitrogen and oxygen atoms in total. The Morgan fingerprint density at radius 3 is 2.30 bits per heavy atom. The lowest BCUT2D eigenvalue weighted by Gasteiger charge is -2.37. The predicted molar refractivity (Wildman–Crippen MR) is 121 cm³/mol. The van der Waals surface area contributed by atoms with Gasteiger partial charge >= 0.3 is 0 Å². The predicted octanol–water partition coefficient (Wildman–Crippen LogP) is 0.550. The summed E-state index contributed by atoms with van der Waals surface area (Å²) in [6.45, 7) is 14.3. The van der Waals surface area contributed by atoms with Crippen molar-refractivity contribution < 1.29 is 9.53 Å². The van der Waals surface area contributed by atoms with E-state index in [9.17, 15) is 4.79 Å². The number of nitrogens with zero attached hydrogens (tertiary/aromatic N) is 5. The summed E-state index contributed by atoms with van der Waals surface area (Å²) in [6, 6.07) is 0. The number of guanidine groups is 1. The highest BCUT2D eigenvalue weighted by atomic mass is 16.5. The average molecular weight is 423 g/mol. The molecule has 30 heavy (non-hydrogen) atoms. The molecule has 3 aliphatic rings. The summed E-state index contributed by atoms with van der Waals surface area (Å²) in [5.74, 6) is 2.03. The minimum atomic E-state index is 0.304. The molecule has 1 amide bonds. The first kappa shape index (κ1) is 23.3. The van der Waals surface area contributed by atoms with Crippen LogP contribution in [0.5, 0.6) is 0 Å². The number of ether oxygens (including phenoxy) is 1. The fraction of sp³-hybridized carbons (Fsp3) is 0.909. The van der Waals surface area contributed by atoms with Crippen LogP contribution in [0.25, 0.3) is 0 Å². The van der Waals surface area contributed by atoms with Crippen LogP contribution >= 0.6 is 0 Å². The zero-order valence-corrected chi connectivity index (χ0v) is 19.2. The van der Waals surface area contributed by atoms with Crippen LogP contribution in [0, 0.1) is 5.92 Å². The lowest BCUT2D eigenvalue weighted by atomic mass is 9.97. The summed E-state index contributed by atoms with van der Waals surface area (Å²) in [5, 5.41) is 3.48. The van der Waals surface area contributed by atoms with Crippen LogP contribution in [0.2, 0.25) is 0 Å². The molecule has 0 atom stereocenters. The van der Waals surface area contributed by atoms with E-state index >= 15 is 0 Å². The number of nitrogens with one attached hydrogen (secondary N) is 1. The molecule has 0 aliphatic carbocycles. The standard InChI is InChI=1S/C22H42N6O2/c1-3-23-22(24-18-20-6-10-25(11-7-20)16-17-30-2)28-14-12-26(13-15-28)19-21(29)27-8-4-5-9-27/h20H,3-19H2,1-2H3,(H,23,24). The summed E-state index contributed by atoms with van der Waals surface area (Å²) < 4.78 is 5.20. The van der Waals surface area contributed by atoms with Crippen molar-refractivity contribution in [3.63, 3.8) is 0 Å². The molecule has 0 aromatic heterocycles. The molecule has 3 heterocycles. The summed E-state index contributed by atoms with van der Waals surface area (Å²) in [7, 11) is 1.77. The maximum atomic E-state index is 12.4. The van der Waals surface area contributed by atoms with E-state index < -0.39 is 0 Å². The van der Waals surface area contributed by atoms with Gasteiger partial charge in [0.1, 0.15) is 0 Å². The Morgan fingerprint density at radius 1 is 0.967 bits per heavy atom. The topological polar surface area (TPSA) is 63.7 Å². The van der Waals surface area contributed by atoms with E-state index in [2.05, 4.69) is 26.9 Å². The molecule has 0 unspecified atom stereocenters. The first-order chi connectivity index (χ1) is 14.7. The number of carbonyl (C=O) groups excluding carboxylic acids is 1. The van der Waals surface area contributed by atoms with Gasteiger partial charge in [-0.15, -0.1) is 0 Å². The molecule has 1 N–H and O–H groups in total. The van der Waals surface area contributed by atoms with Gasteiger partial charge in [0.25, 0.3) is 0 Å². The summed E-state index contributed by atoms with van der Waals surface area (Å²) in [4.78, 5) is 26.6. The molecule has 0 aromatic rings. The number of aliphatic imine (C=N–C) groups is 1. The third kappa shape index (κ3) is 7.10. The Kier molecular flexibility index (Phi) is 9.68. The van der Waals surface area contributed by atoms with E-state index in [-0.39, 0.29) is 0 Å². The second-order valence-corrected chi connectivity index (χ2v) is 8.82. The molecule has 3 aliphatic heterocycles. The van der Waals surface area contributed by atoms with E-state index in [4.69, 9.17) is 9.73 Å². The zero-order chi connectivity index (χ0) is 21.2. The first-order valence-electron chi connectivity index (χ1n) is 11.9. The number of likely N-dealkylation sites (tertiary alicyclic amines) is 2. The molecule has 8 heteroatoms. The van der Waals surface area contributed by atoms with Gasteiger partial charge in [-0.05, 0) is 51.6 Å². The van der Waals surface area contributed by atoms with Gasteiger partial charge in [-0.2, -0.15) is 0 Å². The number of hydrogen-bond donors (Lipinski definition) is 1. The minimum absolute atomic E-state index is 0.304. The Labute approximate surface area is 182 Å². The van der Waals surface area contributed by atoms with Crippen molar-refractivity contribution in [1.82, 2.24) is 24.9 Å². The highest BCUT2D eigenvalue weighted by molar-refractivity contribution is 5.80. The fourth-order valence-corrected chi connectivity index (χ4v) is 4.63. The Hall–Kier alpha value is -1.38. The van der Waals surface area contributed by atoms with Gasteiger partial charge in [0.15, 0.2) is 5.96 Å². The maximum Gasteiger partial charge on any atom is 0.236 e. The quantitative estimate of drug-likeness (QED) is 0.455. The van der Waals surface area contributed by atoms with Crippen LogP contribution in [0.1, 0.15) is 32.6 Å². The van der Waals surface area contributed by atoms with Crippen LogP contribution in [-0.2, 0) is 9.53 Å². The molecular formula is C22H42N6O2. The number of rotatable bonds is 8. The normalized spacial score (nSPS) is 22.7. The highest BCUT2D eigenvalue weighted by Crippen LogP contribution is 2.17. The van der Waals surface area contributed by atoms with Crippen LogP contribution in [0.4, 0.5) is 0 Å². The van der Waals surface area contributed by atoms with Crippen molar-refractivity contribution in [1.29, 1.82) is 0 Å². The third-order valence-corrected chi connectivity index (χ3v) is 6.64. The molecule has 3 rings (SSSR count). The minimum Gasteiger partial charge on any atom is -0.383 e. The second kappa shape index (κ2) is 12.5. The van der Waals surface area contributed by atoms with Gasteiger partial charge < -0.3 is 24.8 Å². The van der Waals surface area contributed by atoms with Gasteiger partial charge in [0, 0.05) is 66.0 Å². The Bertz CT molecular complexity index is 536. The molecule has 0 spiro atoms. The number of carbonyl (C=O) groups is 1. The summed E-state index contributed by atoms with van der Waals surface area (Å²) in [5.41, 5.74) is 0. The smallest absolute Gasteiger partial charge is 0.236 e. The number of piperazine rings is 1. The van der Waals surface area contributed by atoms with Crippen LogP contribution in [0.3, 0.4) is 0 Å². The van der Waals surface area contributed by atoms with Gasteiger partial charge in [-0.1, -0.05) is 0 Å². The van der Waals surface area contributed by atoms with Gasteiger partial charge in [-0.25, -0.2) is 0 Å². The van der Waals surface area contributed by atoms with Crippen molar-refractivity contribution in [3.05, 3.63) is 0 Å².